The van der Waals surface area contributed by atoms with E-state index in [9.17, 15) is 80.6 Å². The fourth-order valence-corrected chi connectivity index (χ4v) is 23.1. The number of nitrogens with two attached hydrogens (primary N) is 3. The van der Waals surface area contributed by atoms with Gasteiger partial charge in [-0.2, -0.15) is 29.0 Å². The average molecular weight is 1760 g/mol. The summed E-state index contributed by atoms with van der Waals surface area (Å²) in [5, 5.41) is 62.9. The Morgan fingerprint density at radius 1 is 0.732 bits per heavy atom. The molecule has 20 rings (SSSR count). The molecule has 6 unspecified atom stereocenters. The van der Waals surface area contributed by atoms with Gasteiger partial charge in [-0.3, -0.25) is 37.9 Å². The summed E-state index contributed by atoms with van der Waals surface area (Å²) in [5.74, 6) is 1.98. The number of nitriles is 3. The molecule has 5 saturated heterocycles. The predicted molar refractivity (Wildman–Crippen MR) is 451 cm³/mol. The zero-order valence-electron chi connectivity index (χ0n) is 71.5. The molecule has 14 fully saturated rings. The van der Waals surface area contributed by atoms with Gasteiger partial charge in [-0.05, 0) is 213 Å². The van der Waals surface area contributed by atoms with Crippen molar-refractivity contribution in [1.29, 1.82) is 15.8 Å². The summed E-state index contributed by atoms with van der Waals surface area (Å²) in [4.78, 5) is 104. The number of amides is 4. The Morgan fingerprint density at radius 2 is 1.39 bits per heavy atom. The number of pyridine rings is 1. The van der Waals surface area contributed by atoms with E-state index in [0.717, 1.165) is 149 Å². The van der Waals surface area contributed by atoms with Crippen molar-refractivity contribution in [3.63, 3.8) is 0 Å². The highest BCUT2D eigenvalue weighted by Gasteiger charge is 2.63. The molecule has 127 heavy (non-hydrogen) atoms. The Hall–Kier alpha value is -10.8. The molecule has 31 nitrogen and oxygen atoms in total. The Morgan fingerprint density at radius 3 is 2.03 bits per heavy atom. The number of aromatic nitrogens is 6. The Kier molecular flexibility index (Phi) is 27.5. The van der Waals surface area contributed by atoms with Gasteiger partial charge in [0.25, 0.3) is 12.0 Å². The van der Waals surface area contributed by atoms with E-state index in [2.05, 4.69) is 66.6 Å². The van der Waals surface area contributed by atoms with Gasteiger partial charge in [-0.25, -0.2) is 27.8 Å². The normalized spacial score (nSPS) is 29.8. The second-order valence-electron chi connectivity index (χ2n) is 37.9. The number of likely N-dealkylation sites (tertiary alicyclic amines) is 3. The predicted octanol–water partition coefficient (Wildman–Crippen LogP) is 6.50. The van der Waals surface area contributed by atoms with E-state index in [4.69, 9.17) is 40.2 Å². The molecule has 0 radical (unpaired) electrons. The molecule has 9 heterocycles. The van der Waals surface area contributed by atoms with Crippen LogP contribution in [0.15, 0.2) is 70.4 Å². The third kappa shape index (κ3) is 20.5. The molecule has 10 N–H and O–H groups in total. The maximum Gasteiger partial charge on any atom is 0.451 e. The smallest absolute Gasteiger partial charge is 0.429 e. The largest absolute Gasteiger partial charge is 0.451 e. The lowest BCUT2D eigenvalue weighted by molar-refractivity contribution is -0.177. The lowest BCUT2D eigenvalue weighted by Crippen LogP contribution is -2.65. The molecule has 8 bridgehead atoms. The summed E-state index contributed by atoms with van der Waals surface area (Å²) in [6.45, 7) is 13.8. The average Bonchev–Trinajstić information content (AvgIpc) is 1.60. The summed E-state index contributed by atoms with van der Waals surface area (Å²) < 4.78 is 86.8. The molecule has 6 aliphatic heterocycles. The number of carbonyl (C=O) groups is 5. The van der Waals surface area contributed by atoms with Crippen molar-refractivity contribution in [3.8, 4) is 36.3 Å². The number of piperidine rings is 3. The van der Waals surface area contributed by atoms with E-state index in [1.807, 2.05) is 17.0 Å². The van der Waals surface area contributed by atoms with Crippen LogP contribution in [-0.4, -0.2) is 212 Å². The highest BCUT2D eigenvalue weighted by Crippen LogP contribution is 2.63. The lowest BCUT2D eigenvalue weighted by atomic mass is 9.46. The molecule has 2 aromatic carbocycles. The van der Waals surface area contributed by atoms with Crippen LogP contribution in [0.25, 0.3) is 4.85 Å². The summed E-state index contributed by atoms with van der Waals surface area (Å²) >= 11 is 0. The second-order valence-corrected chi connectivity index (χ2v) is 37.9. The number of ether oxygens (including phenoxy) is 1. The number of anilines is 2. The van der Waals surface area contributed by atoms with Gasteiger partial charge in [0.2, 0.25) is 29.5 Å². The van der Waals surface area contributed by atoms with Gasteiger partial charge in [0.05, 0.1) is 67.7 Å². The van der Waals surface area contributed by atoms with Gasteiger partial charge in [-0.1, -0.05) is 30.2 Å². The summed E-state index contributed by atoms with van der Waals surface area (Å²) in [5.41, 5.74) is 17.2. The fourth-order valence-electron chi connectivity index (χ4n) is 23.1. The summed E-state index contributed by atoms with van der Waals surface area (Å²) in [6, 6.07) is 17.4. The molecule has 13 atom stereocenters. The number of nitrogens with one attached hydrogen (secondary N) is 2. The minimum absolute atomic E-state index is 0.000783. The van der Waals surface area contributed by atoms with Crippen molar-refractivity contribution in [2.75, 3.05) is 62.2 Å². The maximum absolute atomic E-state index is 13.7. The van der Waals surface area contributed by atoms with E-state index in [-0.39, 0.29) is 133 Å². The summed E-state index contributed by atoms with van der Waals surface area (Å²) in [6.07, 6.45) is 22.2. The standard InChI is InChI=1S/C21H25N5O3.C18H21N5O2.C18H25N3O2.C17H25N3O2.C16H15F6N5O/c1-3-16-4-5-17(13-22)26(16)20(28)14-24-21(2)7-10-25(11-8-21)19-12-18(29-15-27)6-9-23-19;1-20-15-8-4-3-6-13(15)11-23-16(10-17(24)21(2)18(23)25)22-9-5-7-14(19)12-22;19-8-13-2-12-3-14(12)21(13)16(22)15(20)17-4-10-1-11(5-17)7-18(23,6-10)9-17;18-9-14-2-1-3-20(14)15(21)10-19-16-5-12-4-13(6-16)8-17(22,7-12)11-16;17-10-6-12(19)11(18)4-8(10)3-9(23)5-14(28)26-1-2-27-13(7-26)24-25-15(27)16(20,21)22/h1,6,9,12,15-17,24H,4-5,7-8,10-11,14H2,2H3;3-4,6,8,10,14H,5,7,9,11-12,19H2,2H3;10-15,23H,1-7,9,20H2;12-14,19,22H,1-8,10-11H2;4,6,9H,1-3,5,7,23H2/t16-,17-;14-;10?,11?,12?,13-,14?,15+,17?,18?;12?,13?,14-,16?,17?;9-/m01001/s1. The zero-order valence-corrected chi connectivity index (χ0v) is 71.5. The van der Waals surface area contributed by atoms with Gasteiger partial charge in [0, 0.05) is 119 Å². The van der Waals surface area contributed by atoms with Gasteiger partial charge in [0.15, 0.2) is 23.1 Å². The monoisotopic (exact) mass is 1760 g/mol. The number of hydrogen-bond donors (Lipinski definition) is 7. The number of nitrogens with zero attached hydrogens (tertiary/aromatic N) is 16. The Labute approximate surface area is 732 Å². The van der Waals surface area contributed by atoms with Crippen molar-refractivity contribution < 1.29 is 65.3 Å². The van der Waals surface area contributed by atoms with Gasteiger partial charge in [-0.15, -0.1) is 16.6 Å². The molecular formula is C90H111F6N21O10. The number of benzene rings is 2. The number of alkyl halides is 3. The molecule has 678 valence electrons. The first-order chi connectivity index (χ1) is 60.5. The number of carbonyl (C=O) groups excluding carboxylic acids is 5. The molecule has 0 spiro atoms. The number of rotatable bonds is 18. The lowest BCUT2D eigenvalue weighted by Gasteiger charge is -2.61. The van der Waals surface area contributed by atoms with E-state index < -0.39 is 64.7 Å². The van der Waals surface area contributed by atoms with Gasteiger partial charge >= 0.3 is 11.9 Å². The Balaban J connectivity index is 0.000000129. The minimum Gasteiger partial charge on any atom is -0.429 e. The first-order valence-electron chi connectivity index (χ1n) is 44.0. The zero-order chi connectivity index (χ0) is 90.8. The third-order valence-electron chi connectivity index (χ3n) is 28.6. The van der Waals surface area contributed by atoms with Crippen molar-refractivity contribution in [2.45, 2.75) is 257 Å². The van der Waals surface area contributed by atoms with Crippen LogP contribution in [0, 0.1) is 105 Å². The number of halogens is 6. The van der Waals surface area contributed by atoms with Crippen LogP contribution >= 0.6 is 0 Å². The van der Waals surface area contributed by atoms with Crippen LogP contribution in [0.3, 0.4) is 0 Å². The van der Waals surface area contributed by atoms with Gasteiger partial charge < -0.3 is 76.8 Å². The molecule has 3 aromatic heterocycles. The molecule has 4 amide bonds. The number of aliphatic hydroxyl groups is 2. The minimum atomic E-state index is -4.64. The molecule has 5 aromatic rings. The van der Waals surface area contributed by atoms with E-state index in [1.165, 1.54) is 30.9 Å². The topological polar surface area (TPSA) is 420 Å². The maximum atomic E-state index is 13.7. The molecule has 15 aliphatic rings. The first kappa shape index (κ1) is 92.4. The van der Waals surface area contributed by atoms with Crippen LogP contribution in [0.2, 0.25) is 0 Å². The Bertz CT molecular complexity index is 5240. The number of fused-ring (bicyclic) bond motifs is 2. The van der Waals surface area contributed by atoms with Crippen LogP contribution in [-0.2, 0) is 63.3 Å². The molecule has 9 saturated carbocycles. The molecule has 9 aliphatic carbocycles. The fraction of sp³-hybridized carbons (Fsp3) is 0.622. The molecular weight excluding hydrogens is 1650 g/mol. The summed E-state index contributed by atoms with van der Waals surface area (Å²) in [7, 11) is 1.47. The number of terminal acetylenes is 1. The van der Waals surface area contributed by atoms with Crippen LogP contribution in [0.5, 0.6) is 5.75 Å². The second kappa shape index (κ2) is 37.8. The van der Waals surface area contributed by atoms with E-state index in [1.54, 1.807) is 49.7 Å². The first-order valence-corrected chi connectivity index (χ1v) is 44.0. The molecule has 37 heteroatoms. The van der Waals surface area contributed by atoms with Gasteiger partial charge in [0.1, 0.15) is 41.3 Å². The highest BCUT2D eigenvalue weighted by molar-refractivity contribution is 5.85. The van der Waals surface area contributed by atoms with Crippen molar-refractivity contribution in [1.82, 2.24) is 59.1 Å². The van der Waals surface area contributed by atoms with Crippen LogP contribution < -0.4 is 53.6 Å². The number of hydrogen-bond acceptors (Lipinski definition) is 23. The quantitative estimate of drug-likeness (QED) is 0.0162. The third-order valence-corrected chi connectivity index (χ3v) is 28.6. The number of para-hydroxylation sites is 1. The van der Waals surface area contributed by atoms with E-state index in [0.29, 0.717) is 104 Å². The van der Waals surface area contributed by atoms with Crippen molar-refractivity contribution >= 4 is 47.4 Å². The van der Waals surface area contributed by atoms with Crippen LogP contribution in [0.4, 0.5) is 43.7 Å². The van der Waals surface area contributed by atoms with E-state index >= 15 is 0 Å². The van der Waals surface area contributed by atoms with Crippen molar-refractivity contribution in [2.24, 2.45) is 59.3 Å². The SMILES string of the molecule is C#C[C@H]1CC[C@@H](C#N)N1C(=O)CNC1(C)CCN(c2cc(OC=O)ccn2)CC1.N#C[C@@H]1CC2CC2N1C(=O)[C@@H](N)C12CC3CC(CC(O)(C3)C1)C2.N#C[C@@H]1CCCN1C(=O)CNC12CC3CC(CC(O)(C3)C1)C2.N[C@@H](CC(=O)N1CCn2c(nnc2C(F)(F)F)C1)Cc1cc(F)c(F)cc1F.[C-]#[N+]c1ccccc1Cn1c(N2CCC[C@@H](N)C2)cc(=O)n(C)c1=O. The van der Waals surface area contributed by atoms with Crippen LogP contribution in [0.1, 0.15) is 177 Å². The van der Waals surface area contributed by atoms with Crippen molar-refractivity contribution in [3.05, 3.63) is 133 Å². The highest BCUT2D eigenvalue weighted by atomic mass is 19.4.